The molecule has 3 nitrogen and oxygen atoms in total. The number of benzene rings is 1. The fourth-order valence-corrected chi connectivity index (χ4v) is 1.48. The predicted octanol–water partition coefficient (Wildman–Crippen LogP) is 3.55. The smallest absolute Gasteiger partial charge is 0.433 e. The van der Waals surface area contributed by atoms with Gasteiger partial charge in [0.05, 0.1) is 17.8 Å². The molecule has 20 heavy (non-hydrogen) atoms. The van der Waals surface area contributed by atoms with E-state index in [1.807, 2.05) is 6.07 Å². The maximum atomic E-state index is 12.3. The van der Waals surface area contributed by atoms with Crippen LogP contribution >= 0.6 is 0 Å². The number of halogens is 3. The number of alkyl halides is 3. The second-order valence-electron chi connectivity index (χ2n) is 3.97. The first-order valence-corrected chi connectivity index (χ1v) is 5.64. The van der Waals surface area contributed by atoms with Crippen LogP contribution in [0.3, 0.4) is 0 Å². The summed E-state index contributed by atoms with van der Waals surface area (Å²) in [5, 5.41) is 8.65. The molecule has 0 aliphatic rings. The van der Waals surface area contributed by atoms with Gasteiger partial charge in [0.25, 0.3) is 0 Å². The van der Waals surface area contributed by atoms with E-state index in [0.717, 1.165) is 17.8 Å². The zero-order valence-electron chi connectivity index (χ0n) is 10.2. The van der Waals surface area contributed by atoms with Crippen molar-refractivity contribution < 1.29 is 17.9 Å². The van der Waals surface area contributed by atoms with E-state index in [4.69, 9.17) is 10.00 Å². The van der Waals surface area contributed by atoms with Crippen LogP contribution in [0.5, 0.6) is 5.75 Å². The Balaban J connectivity index is 1.98. The molecule has 102 valence electrons. The van der Waals surface area contributed by atoms with E-state index in [0.29, 0.717) is 5.56 Å². The van der Waals surface area contributed by atoms with Crippen molar-refractivity contribution in [1.29, 1.82) is 5.26 Å². The molecule has 0 radical (unpaired) electrons. The number of aromatic nitrogens is 1. The highest BCUT2D eigenvalue weighted by Gasteiger charge is 2.32. The molecule has 0 saturated carbocycles. The Morgan fingerprint density at radius 1 is 1.10 bits per heavy atom. The summed E-state index contributed by atoms with van der Waals surface area (Å²) in [4.78, 5) is 3.30. The topological polar surface area (TPSA) is 45.9 Å². The molecule has 0 unspecified atom stereocenters. The molecule has 6 heteroatoms. The molecule has 0 aliphatic carbocycles. The van der Waals surface area contributed by atoms with E-state index in [9.17, 15) is 13.2 Å². The van der Waals surface area contributed by atoms with Gasteiger partial charge < -0.3 is 4.74 Å². The molecule has 0 saturated heterocycles. The van der Waals surface area contributed by atoms with Crippen LogP contribution in [0.2, 0.25) is 0 Å². The highest BCUT2D eigenvalue weighted by molar-refractivity contribution is 5.31. The third-order valence-electron chi connectivity index (χ3n) is 2.52. The van der Waals surface area contributed by atoms with E-state index in [1.165, 1.54) is 6.07 Å². The molecule has 0 spiro atoms. The van der Waals surface area contributed by atoms with E-state index >= 15 is 0 Å². The Bertz CT molecular complexity index is 613. The van der Waals surface area contributed by atoms with E-state index in [-0.39, 0.29) is 12.4 Å². The fourth-order valence-electron chi connectivity index (χ4n) is 1.48. The predicted molar refractivity (Wildman–Crippen MR) is 64.7 cm³/mol. The van der Waals surface area contributed by atoms with Crippen LogP contribution in [-0.4, -0.2) is 4.98 Å². The van der Waals surface area contributed by atoms with Crippen molar-refractivity contribution in [2.45, 2.75) is 12.8 Å². The zero-order valence-corrected chi connectivity index (χ0v) is 10.2. The fraction of sp³-hybridized carbons (Fsp3) is 0.143. The van der Waals surface area contributed by atoms with Gasteiger partial charge in [0.2, 0.25) is 0 Å². The minimum atomic E-state index is -4.45. The lowest BCUT2D eigenvalue weighted by molar-refractivity contribution is -0.141. The van der Waals surface area contributed by atoms with Crippen molar-refractivity contribution in [3.8, 4) is 11.8 Å². The van der Waals surface area contributed by atoms with Crippen molar-refractivity contribution in [2.75, 3.05) is 0 Å². The molecule has 0 N–H and O–H groups in total. The van der Waals surface area contributed by atoms with Gasteiger partial charge in [-0.05, 0) is 29.8 Å². The molecule has 1 aromatic carbocycles. The van der Waals surface area contributed by atoms with Crippen LogP contribution in [0.15, 0.2) is 42.6 Å². The summed E-state index contributed by atoms with van der Waals surface area (Å²) in [5.74, 6) is 0.252. The molecular formula is C14H9F3N2O. The standard InChI is InChI=1S/C14H9F3N2O/c15-14(16,17)13-6-5-12(8-19-13)20-9-11-3-1-10(7-18)2-4-11/h1-6,8H,9H2. The summed E-state index contributed by atoms with van der Waals surface area (Å²) >= 11 is 0. The van der Waals surface area contributed by atoms with Crippen molar-refractivity contribution >= 4 is 0 Å². The summed E-state index contributed by atoms with van der Waals surface area (Å²) in [5.41, 5.74) is 0.386. The molecule has 2 aromatic rings. The van der Waals surface area contributed by atoms with Gasteiger partial charge in [-0.1, -0.05) is 12.1 Å². The van der Waals surface area contributed by atoms with Crippen molar-refractivity contribution in [3.63, 3.8) is 0 Å². The quantitative estimate of drug-likeness (QED) is 0.862. The van der Waals surface area contributed by atoms with E-state index in [2.05, 4.69) is 4.98 Å². The molecule has 0 amide bonds. The van der Waals surface area contributed by atoms with Gasteiger partial charge in [0.15, 0.2) is 0 Å². The number of hydrogen-bond acceptors (Lipinski definition) is 3. The Labute approximate surface area is 113 Å². The van der Waals surface area contributed by atoms with Crippen molar-refractivity contribution in [3.05, 3.63) is 59.4 Å². The van der Waals surface area contributed by atoms with Gasteiger partial charge in [0.1, 0.15) is 18.1 Å². The largest absolute Gasteiger partial charge is 0.487 e. The third-order valence-corrected chi connectivity index (χ3v) is 2.52. The normalized spacial score (nSPS) is 10.9. The summed E-state index contributed by atoms with van der Waals surface area (Å²) in [6, 6.07) is 10.8. The molecule has 1 aromatic heterocycles. The highest BCUT2D eigenvalue weighted by Crippen LogP contribution is 2.28. The number of rotatable bonds is 3. The van der Waals surface area contributed by atoms with Crippen LogP contribution in [0.1, 0.15) is 16.8 Å². The highest BCUT2D eigenvalue weighted by atomic mass is 19.4. The van der Waals surface area contributed by atoms with E-state index < -0.39 is 11.9 Å². The molecule has 2 rings (SSSR count). The third kappa shape index (κ3) is 3.48. The maximum absolute atomic E-state index is 12.3. The lowest BCUT2D eigenvalue weighted by Crippen LogP contribution is -2.07. The summed E-state index contributed by atoms with van der Waals surface area (Å²) in [6.07, 6.45) is -3.42. The minimum Gasteiger partial charge on any atom is -0.487 e. The molecule has 0 fully saturated rings. The Morgan fingerprint density at radius 3 is 2.30 bits per heavy atom. The van der Waals surface area contributed by atoms with Gasteiger partial charge in [-0.2, -0.15) is 18.4 Å². The summed E-state index contributed by atoms with van der Waals surface area (Å²) in [7, 11) is 0. The molecule has 0 bridgehead atoms. The Morgan fingerprint density at radius 2 is 1.80 bits per heavy atom. The number of nitrogens with zero attached hydrogens (tertiary/aromatic N) is 2. The first-order chi connectivity index (χ1) is 9.49. The van der Waals surface area contributed by atoms with Crippen LogP contribution in [0, 0.1) is 11.3 Å². The Kier molecular flexibility index (Phi) is 3.89. The number of hydrogen-bond donors (Lipinski definition) is 0. The van der Waals surface area contributed by atoms with Gasteiger partial charge in [0, 0.05) is 0 Å². The zero-order chi connectivity index (χ0) is 14.6. The van der Waals surface area contributed by atoms with Gasteiger partial charge in [-0.25, -0.2) is 4.98 Å². The maximum Gasteiger partial charge on any atom is 0.433 e. The lowest BCUT2D eigenvalue weighted by Gasteiger charge is -2.08. The van der Waals surface area contributed by atoms with Crippen molar-refractivity contribution in [2.24, 2.45) is 0 Å². The van der Waals surface area contributed by atoms with Gasteiger partial charge >= 0.3 is 6.18 Å². The van der Waals surface area contributed by atoms with Crippen molar-refractivity contribution in [1.82, 2.24) is 4.98 Å². The first kappa shape index (κ1) is 13.9. The minimum absolute atomic E-state index is 0.193. The SMILES string of the molecule is N#Cc1ccc(COc2ccc(C(F)(F)F)nc2)cc1. The molecule has 0 atom stereocenters. The molecular weight excluding hydrogens is 269 g/mol. The average Bonchev–Trinajstić information content (AvgIpc) is 2.45. The summed E-state index contributed by atoms with van der Waals surface area (Å²) in [6.45, 7) is 0.193. The summed E-state index contributed by atoms with van der Waals surface area (Å²) < 4.78 is 42.3. The van der Waals surface area contributed by atoms with Crippen LogP contribution in [-0.2, 0) is 12.8 Å². The Hall–Kier alpha value is -2.55. The lowest BCUT2D eigenvalue weighted by atomic mass is 10.2. The van der Waals surface area contributed by atoms with Crippen LogP contribution in [0.25, 0.3) is 0 Å². The van der Waals surface area contributed by atoms with E-state index in [1.54, 1.807) is 24.3 Å². The molecule has 1 heterocycles. The number of ether oxygens (including phenoxy) is 1. The monoisotopic (exact) mass is 278 g/mol. The number of nitriles is 1. The molecule has 0 aliphatic heterocycles. The average molecular weight is 278 g/mol. The van der Waals surface area contributed by atoms with Gasteiger partial charge in [-0.3, -0.25) is 0 Å². The van der Waals surface area contributed by atoms with Gasteiger partial charge in [-0.15, -0.1) is 0 Å². The van der Waals surface area contributed by atoms with Crippen LogP contribution in [0.4, 0.5) is 13.2 Å². The van der Waals surface area contributed by atoms with Crippen LogP contribution < -0.4 is 4.74 Å². The number of pyridine rings is 1. The second kappa shape index (κ2) is 5.61. The first-order valence-electron chi connectivity index (χ1n) is 5.64. The second-order valence-corrected chi connectivity index (χ2v) is 3.97.